The molecular weight excluding hydrogens is 497 g/mol. The predicted octanol–water partition coefficient (Wildman–Crippen LogP) is 2.71. The summed E-state index contributed by atoms with van der Waals surface area (Å²) in [6, 6.07) is 4.66. The normalized spacial score (nSPS) is 13.1. The molecule has 1 aromatic heterocycles. The van der Waals surface area contributed by atoms with Crippen LogP contribution in [-0.2, 0) is 26.1 Å². The lowest BCUT2D eigenvalue weighted by molar-refractivity contribution is -0.0504. The van der Waals surface area contributed by atoms with E-state index in [1.807, 2.05) is 6.92 Å². The van der Waals surface area contributed by atoms with Gasteiger partial charge in [0, 0.05) is 25.1 Å². The van der Waals surface area contributed by atoms with Crippen LogP contribution in [0.3, 0.4) is 0 Å². The Morgan fingerprint density at radius 1 is 1.31 bits per heavy atom. The Kier molecular flexibility index (Phi) is 8.86. The summed E-state index contributed by atoms with van der Waals surface area (Å²) in [6.07, 6.45) is 2.03. The number of ether oxygens (including phenoxy) is 2. The highest BCUT2D eigenvalue weighted by atomic mass is 127. The summed E-state index contributed by atoms with van der Waals surface area (Å²) in [6.45, 7) is 1.23. The summed E-state index contributed by atoms with van der Waals surface area (Å²) < 4.78 is 37.2. The van der Waals surface area contributed by atoms with Crippen LogP contribution in [0.25, 0.3) is 0 Å². The predicted molar refractivity (Wildman–Crippen MR) is 115 cm³/mol. The van der Waals surface area contributed by atoms with E-state index in [1.165, 1.54) is 13.2 Å². The van der Waals surface area contributed by atoms with E-state index < -0.39 is 6.61 Å². The van der Waals surface area contributed by atoms with Gasteiger partial charge in [0.15, 0.2) is 11.8 Å². The molecule has 0 unspecified atom stereocenters. The van der Waals surface area contributed by atoms with Gasteiger partial charge in [-0.3, -0.25) is 0 Å². The van der Waals surface area contributed by atoms with Gasteiger partial charge in [0.2, 0.25) is 0 Å². The van der Waals surface area contributed by atoms with Crippen molar-refractivity contribution in [3.8, 4) is 11.5 Å². The molecule has 0 saturated carbocycles. The third-order valence-corrected chi connectivity index (χ3v) is 4.34. The summed E-state index contributed by atoms with van der Waals surface area (Å²) in [4.78, 5) is 4.48. The highest BCUT2D eigenvalue weighted by molar-refractivity contribution is 14.0. The maximum Gasteiger partial charge on any atom is 0.387 e. The fourth-order valence-corrected chi connectivity index (χ4v) is 3.03. The molecule has 1 aromatic carbocycles. The van der Waals surface area contributed by atoms with Crippen LogP contribution in [-0.4, -0.2) is 41.0 Å². The van der Waals surface area contributed by atoms with Crippen LogP contribution in [0.1, 0.15) is 30.6 Å². The Bertz CT molecular complexity index is 831. The highest BCUT2D eigenvalue weighted by Crippen LogP contribution is 2.26. The van der Waals surface area contributed by atoms with Crippen molar-refractivity contribution in [1.29, 1.82) is 0 Å². The Hall–Kier alpha value is -2.18. The number of rotatable bonds is 8. The summed E-state index contributed by atoms with van der Waals surface area (Å²) in [5.74, 6) is 3.02. The van der Waals surface area contributed by atoms with Crippen molar-refractivity contribution >= 4 is 29.9 Å². The number of nitrogens with zero attached hydrogens (tertiary/aromatic N) is 4. The first kappa shape index (κ1) is 23.1. The molecule has 1 aliphatic heterocycles. The number of fused-ring (bicyclic) bond motifs is 1. The van der Waals surface area contributed by atoms with Crippen molar-refractivity contribution in [3.63, 3.8) is 0 Å². The van der Waals surface area contributed by atoms with E-state index >= 15 is 0 Å². The SMILES string of the molecule is CCNC(=NCc1cc(OC)ccc1OC(F)F)NCc1nnc2n1CCC2.I. The molecule has 2 heterocycles. The molecule has 0 saturated heterocycles. The third-order valence-electron chi connectivity index (χ3n) is 4.34. The van der Waals surface area contributed by atoms with E-state index in [-0.39, 0.29) is 36.3 Å². The number of nitrogens with one attached hydrogen (secondary N) is 2. The molecule has 0 aliphatic carbocycles. The van der Waals surface area contributed by atoms with Crippen LogP contribution in [0.15, 0.2) is 23.2 Å². The third kappa shape index (κ3) is 6.15. The second kappa shape index (κ2) is 11.1. The summed E-state index contributed by atoms with van der Waals surface area (Å²) in [5.41, 5.74) is 0.500. The number of hydrogen-bond donors (Lipinski definition) is 2. The topological polar surface area (TPSA) is 85.6 Å². The minimum atomic E-state index is -2.91. The monoisotopic (exact) mass is 522 g/mol. The number of hydrogen-bond acceptors (Lipinski definition) is 5. The number of aliphatic imine (C=N–C) groups is 1. The molecule has 0 fully saturated rings. The first-order valence-corrected chi connectivity index (χ1v) is 9.15. The van der Waals surface area contributed by atoms with Crippen LogP contribution >= 0.6 is 24.0 Å². The smallest absolute Gasteiger partial charge is 0.387 e. The molecule has 160 valence electrons. The zero-order valence-corrected chi connectivity index (χ0v) is 18.7. The van der Waals surface area contributed by atoms with Crippen LogP contribution in [0.2, 0.25) is 0 Å². The average Bonchev–Trinajstić information content (AvgIpc) is 3.28. The van der Waals surface area contributed by atoms with Crippen molar-refractivity contribution in [2.75, 3.05) is 13.7 Å². The molecule has 3 rings (SSSR count). The molecule has 0 spiro atoms. The van der Waals surface area contributed by atoms with Crippen molar-refractivity contribution in [2.24, 2.45) is 4.99 Å². The number of methoxy groups -OCH3 is 1. The molecule has 8 nitrogen and oxygen atoms in total. The minimum absolute atomic E-state index is 0. The van der Waals surface area contributed by atoms with E-state index in [4.69, 9.17) is 4.74 Å². The van der Waals surface area contributed by atoms with Crippen molar-refractivity contribution in [1.82, 2.24) is 25.4 Å². The van der Waals surface area contributed by atoms with E-state index in [0.717, 1.165) is 31.0 Å². The van der Waals surface area contributed by atoms with Crippen molar-refractivity contribution in [3.05, 3.63) is 35.4 Å². The van der Waals surface area contributed by atoms with Crippen LogP contribution in [0.4, 0.5) is 8.78 Å². The first-order valence-electron chi connectivity index (χ1n) is 9.15. The number of benzene rings is 1. The van der Waals surface area contributed by atoms with E-state index in [9.17, 15) is 8.78 Å². The highest BCUT2D eigenvalue weighted by Gasteiger charge is 2.17. The fraction of sp³-hybridized carbons (Fsp3) is 0.500. The number of aryl methyl sites for hydroxylation is 1. The molecule has 0 radical (unpaired) electrons. The second-order valence-electron chi connectivity index (χ2n) is 6.19. The van der Waals surface area contributed by atoms with Gasteiger partial charge in [0.25, 0.3) is 0 Å². The maximum absolute atomic E-state index is 12.7. The van der Waals surface area contributed by atoms with Gasteiger partial charge in [-0.2, -0.15) is 8.78 Å². The number of guanidine groups is 1. The molecule has 1 aliphatic rings. The van der Waals surface area contributed by atoms with E-state index in [2.05, 4.69) is 35.1 Å². The largest absolute Gasteiger partial charge is 0.497 e. The number of aromatic nitrogens is 3. The van der Waals surface area contributed by atoms with Gasteiger partial charge < -0.3 is 24.7 Å². The molecule has 29 heavy (non-hydrogen) atoms. The Morgan fingerprint density at radius 3 is 2.86 bits per heavy atom. The average molecular weight is 522 g/mol. The zero-order valence-electron chi connectivity index (χ0n) is 16.3. The van der Waals surface area contributed by atoms with Crippen LogP contribution < -0.4 is 20.1 Å². The fourth-order valence-electron chi connectivity index (χ4n) is 3.03. The molecule has 0 amide bonds. The lowest BCUT2D eigenvalue weighted by Gasteiger charge is -2.13. The van der Waals surface area contributed by atoms with E-state index in [0.29, 0.717) is 30.4 Å². The van der Waals surface area contributed by atoms with Gasteiger partial charge in [0.05, 0.1) is 20.2 Å². The van der Waals surface area contributed by atoms with Crippen molar-refractivity contribution in [2.45, 2.75) is 46.0 Å². The maximum atomic E-state index is 12.7. The van der Waals surface area contributed by atoms with Gasteiger partial charge >= 0.3 is 6.61 Å². The van der Waals surface area contributed by atoms with Gasteiger partial charge in [-0.25, -0.2) is 4.99 Å². The summed E-state index contributed by atoms with van der Waals surface area (Å²) >= 11 is 0. The minimum Gasteiger partial charge on any atom is -0.497 e. The molecular formula is C18H25F2IN6O2. The van der Waals surface area contributed by atoms with Crippen LogP contribution in [0.5, 0.6) is 11.5 Å². The zero-order chi connectivity index (χ0) is 19.9. The van der Waals surface area contributed by atoms with Gasteiger partial charge in [-0.05, 0) is 31.5 Å². The molecule has 0 bridgehead atoms. The summed E-state index contributed by atoms with van der Waals surface area (Å²) in [7, 11) is 1.51. The van der Waals surface area contributed by atoms with Gasteiger partial charge in [0.1, 0.15) is 17.3 Å². The van der Waals surface area contributed by atoms with Crippen LogP contribution in [0, 0.1) is 0 Å². The Balaban J connectivity index is 0.00000300. The number of halogens is 3. The number of alkyl halides is 2. The Morgan fingerprint density at radius 2 is 2.14 bits per heavy atom. The quantitative estimate of drug-likeness (QED) is 0.315. The Labute approximate surface area is 185 Å². The first-order chi connectivity index (χ1) is 13.6. The van der Waals surface area contributed by atoms with Gasteiger partial charge in [-0.1, -0.05) is 0 Å². The molecule has 11 heteroatoms. The summed E-state index contributed by atoms with van der Waals surface area (Å²) in [5, 5.41) is 14.7. The molecule has 0 atom stereocenters. The van der Waals surface area contributed by atoms with Crippen molar-refractivity contribution < 1.29 is 18.3 Å². The lowest BCUT2D eigenvalue weighted by Crippen LogP contribution is -2.37. The standard InChI is InChI=1S/C18H24F2N6O2.HI/c1-3-21-18(23-11-16-25-24-15-5-4-8-26(15)16)22-10-12-9-13(27-2)6-7-14(12)28-17(19)20;/h6-7,9,17H,3-5,8,10-11H2,1-2H3,(H2,21,22,23);1H. The second-order valence-corrected chi connectivity index (χ2v) is 6.19. The molecule has 2 N–H and O–H groups in total. The molecule has 2 aromatic rings. The lowest BCUT2D eigenvalue weighted by atomic mass is 10.2. The van der Waals surface area contributed by atoms with Gasteiger partial charge in [-0.15, -0.1) is 34.2 Å². The van der Waals surface area contributed by atoms with E-state index in [1.54, 1.807) is 12.1 Å².